The van der Waals surface area contributed by atoms with Gasteiger partial charge in [-0.2, -0.15) is 0 Å². The van der Waals surface area contributed by atoms with Gasteiger partial charge in [-0.1, -0.05) is 61.9 Å². The van der Waals surface area contributed by atoms with Crippen LogP contribution < -0.4 is 0 Å². The van der Waals surface area contributed by atoms with Gasteiger partial charge in [0.1, 0.15) is 6.61 Å². The molecule has 0 saturated carbocycles. The van der Waals surface area contributed by atoms with E-state index in [0.29, 0.717) is 19.7 Å². The van der Waals surface area contributed by atoms with Crippen LogP contribution in [0.1, 0.15) is 36.8 Å². The Morgan fingerprint density at radius 1 is 1.04 bits per heavy atom. The third kappa shape index (κ3) is 3.69. The SMILES string of the molecule is CCCCN(CCO)C(=O)OCC1c2ccccc2-c2ccccc21. The van der Waals surface area contributed by atoms with Gasteiger partial charge in [-0.05, 0) is 28.7 Å². The number of rotatable bonds is 7. The molecule has 0 radical (unpaired) electrons. The molecule has 0 unspecified atom stereocenters. The van der Waals surface area contributed by atoms with Crippen LogP contribution in [0, 0.1) is 0 Å². The average molecular weight is 339 g/mol. The van der Waals surface area contributed by atoms with Crippen molar-refractivity contribution in [2.45, 2.75) is 25.7 Å². The fraction of sp³-hybridized carbons (Fsp3) is 0.381. The maximum absolute atomic E-state index is 12.4. The molecule has 4 nitrogen and oxygen atoms in total. The molecule has 0 fully saturated rings. The first-order valence-corrected chi connectivity index (χ1v) is 8.97. The summed E-state index contributed by atoms with van der Waals surface area (Å²) in [7, 11) is 0. The normalized spacial score (nSPS) is 12.6. The van der Waals surface area contributed by atoms with Gasteiger partial charge in [0.25, 0.3) is 0 Å². The molecule has 1 amide bonds. The van der Waals surface area contributed by atoms with Gasteiger partial charge in [0.05, 0.1) is 6.61 Å². The van der Waals surface area contributed by atoms with Crippen LogP contribution in [0.2, 0.25) is 0 Å². The average Bonchev–Trinajstić information content (AvgIpc) is 2.97. The van der Waals surface area contributed by atoms with Crippen LogP contribution in [-0.2, 0) is 4.74 Å². The Morgan fingerprint density at radius 3 is 2.20 bits per heavy atom. The number of aliphatic hydroxyl groups is 1. The molecule has 1 aliphatic carbocycles. The Labute approximate surface area is 149 Å². The lowest BCUT2D eigenvalue weighted by molar-refractivity contribution is 0.0913. The lowest BCUT2D eigenvalue weighted by Crippen LogP contribution is -2.35. The second-order valence-corrected chi connectivity index (χ2v) is 6.37. The summed E-state index contributed by atoms with van der Waals surface area (Å²) >= 11 is 0. The van der Waals surface area contributed by atoms with Gasteiger partial charge in [-0.15, -0.1) is 0 Å². The molecule has 132 valence electrons. The zero-order chi connectivity index (χ0) is 17.6. The number of ether oxygens (including phenoxy) is 1. The lowest BCUT2D eigenvalue weighted by atomic mass is 9.98. The predicted molar refractivity (Wildman–Crippen MR) is 98.6 cm³/mol. The van der Waals surface area contributed by atoms with Crippen LogP contribution in [0.4, 0.5) is 4.79 Å². The zero-order valence-electron chi connectivity index (χ0n) is 14.6. The summed E-state index contributed by atoms with van der Waals surface area (Å²) in [6, 6.07) is 16.6. The number of aliphatic hydroxyl groups excluding tert-OH is 1. The highest BCUT2D eigenvalue weighted by molar-refractivity contribution is 5.79. The fourth-order valence-corrected chi connectivity index (χ4v) is 3.45. The van der Waals surface area contributed by atoms with Crippen molar-refractivity contribution in [3.63, 3.8) is 0 Å². The van der Waals surface area contributed by atoms with E-state index >= 15 is 0 Å². The maximum Gasteiger partial charge on any atom is 0.409 e. The molecule has 4 heteroatoms. The highest BCUT2D eigenvalue weighted by Crippen LogP contribution is 2.44. The topological polar surface area (TPSA) is 49.8 Å². The van der Waals surface area contributed by atoms with Crippen molar-refractivity contribution < 1.29 is 14.6 Å². The highest BCUT2D eigenvalue weighted by atomic mass is 16.6. The number of fused-ring (bicyclic) bond motifs is 3. The van der Waals surface area contributed by atoms with Crippen LogP contribution in [0.25, 0.3) is 11.1 Å². The van der Waals surface area contributed by atoms with Crippen LogP contribution in [-0.4, -0.2) is 42.4 Å². The van der Waals surface area contributed by atoms with E-state index < -0.39 is 0 Å². The highest BCUT2D eigenvalue weighted by Gasteiger charge is 2.29. The first kappa shape index (κ1) is 17.5. The molecular formula is C21H25NO3. The van der Waals surface area contributed by atoms with Gasteiger partial charge in [-0.3, -0.25) is 0 Å². The summed E-state index contributed by atoms with van der Waals surface area (Å²) in [5.41, 5.74) is 4.85. The van der Waals surface area contributed by atoms with E-state index in [1.165, 1.54) is 22.3 Å². The van der Waals surface area contributed by atoms with Crippen LogP contribution in [0.15, 0.2) is 48.5 Å². The van der Waals surface area contributed by atoms with E-state index in [9.17, 15) is 9.90 Å². The van der Waals surface area contributed by atoms with Gasteiger partial charge in [0.15, 0.2) is 0 Å². The van der Waals surface area contributed by atoms with Crippen molar-refractivity contribution in [1.29, 1.82) is 0 Å². The molecule has 25 heavy (non-hydrogen) atoms. The first-order valence-electron chi connectivity index (χ1n) is 8.97. The molecule has 0 aromatic heterocycles. The van der Waals surface area contributed by atoms with Gasteiger partial charge in [0.2, 0.25) is 0 Å². The van der Waals surface area contributed by atoms with E-state index in [1.54, 1.807) is 4.90 Å². The number of carbonyl (C=O) groups is 1. The Morgan fingerprint density at radius 2 is 1.64 bits per heavy atom. The third-order valence-electron chi connectivity index (χ3n) is 4.75. The zero-order valence-corrected chi connectivity index (χ0v) is 14.6. The second-order valence-electron chi connectivity index (χ2n) is 6.37. The van der Waals surface area contributed by atoms with E-state index in [0.717, 1.165) is 12.8 Å². The molecule has 0 heterocycles. The van der Waals surface area contributed by atoms with E-state index in [4.69, 9.17) is 4.74 Å². The molecule has 0 saturated heterocycles. The Bertz CT molecular complexity index is 683. The van der Waals surface area contributed by atoms with Crippen molar-refractivity contribution in [1.82, 2.24) is 4.90 Å². The molecule has 2 aromatic carbocycles. The minimum atomic E-state index is -0.343. The molecule has 0 atom stereocenters. The molecule has 3 rings (SSSR count). The van der Waals surface area contributed by atoms with E-state index in [-0.39, 0.29) is 18.6 Å². The summed E-state index contributed by atoms with van der Waals surface area (Å²) < 4.78 is 5.63. The van der Waals surface area contributed by atoms with Gasteiger partial charge >= 0.3 is 6.09 Å². The van der Waals surface area contributed by atoms with Crippen molar-refractivity contribution in [2.75, 3.05) is 26.3 Å². The van der Waals surface area contributed by atoms with Crippen molar-refractivity contribution >= 4 is 6.09 Å². The second kappa shape index (κ2) is 8.17. The maximum atomic E-state index is 12.4. The third-order valence-corrected chi connectivity index (χ3v) is 4.75. The quantitative estimate of drug-likeness (QED) is 0.828. The largest absolute Gasteiger partial charge is 0.448 e. The lowest BCUT2D eigenvalue weighted by Gasteiger charge is -2.22. The summed E-state index contributed by atoms with van der Waals surface area (Å²) in [4.78, 5) is 14.0. The Balaban J connectivity index is 1.73. The minimum Gasteiger partial charge on any atom is -0.448 e. The molecule has 0 bridgehead atoms. The summed E-state index contributed by atoms with van der Waals surface area (Å²) in [5.74, 6) is 0.0681. The molecule has 2 aromatic rings. The number of nitrogens with zero attached hydrogens (tertiary/aromatic N) is 1. The van der Waals surface area contributed by atoms with E-state index in [1.807, 2.05) is 24.3 Å². The number of benzene rings is 2. The van der Waals surface area contributed by atoms with Crippen molar-refractivity contribution in [2.24, 2.45) is 0 Å². The van der Waals surface area contributed by atoms with Gasteiger partial charge < -0.3 is 14.7 Å². The Hall–Kier alpha value is -2.33. The summed E-state index contributed by atoms with van der Waals surface area (Å²) in [6.07, 6.45) is 1.56. The molecule has 0 spiro atoms. The fourth-order valence-electron chi connectivity index (χ4n) is 3.45. The van der Waals surface area contributed by atoms with Crippen LogP contribution >= 0.6 is 0 Å². The predicted octanol–water partition coefficient (Wildman–Crippen LogP) is 4.03. The van der Waals surface area contributed by atoms with Crippen molar-refractivity contribution in [3.05, 3.63) is 59.7 Å². The summed E-state index contributed by atoms with van der Waals surface area (Å²) in [6.45, 7) is 3.29. The minimum absolute atomic E-state index is 0.0477. The smallest absolute Gasteiger partial charge is 0.409 e. The number of unbranched alkanes of at least 4 members (excludes halogenated alkanes) is 1. The summed E-state index contributed by atoms with van der Waals surface area (Å²) in [5, 5.41) is 9.18. The number of hydrogen-bond donors (Lipinski definition) is 1. The molecule has 1 N–H and O–H groups in total. The first-order chi connectivity index (χ1) is 12.3. The molecule has 1 aliphatic rings. The Kier molecular flexibility index (Phi) is 5.71. The number of amides is 1. The van der Waals surface area contributed by atoms with Crippen LogP contribution in [0.3, 0.4) is 0 Å². The monoisotopic (exact) mass is 339 g/mol. The van der Waals surface area contributed by atoms with Crippen LogP contribution in [0.5, 0.6) is 0 Å². The number of hydrogen-bond acceptors (Lipinski definition) is 3. The molecular weight excluding hydrogens is 314 g/mol. The van der Waals surface area contributed by atoms with Gasteiger partial charge in [0, 0.05) is 19.0 Å². The van der Waals surface area contributed by atoms with Gasteiger partial charge in [-0.25, -0.2) is 4.79 Å². The van der Waals surface area contributed by atoms with Crippen molar-refractivity contribution in [3.8, 4) is 11.1 Å². The number of carbonyl (C=O) groups excluding carboxylic acids is 1. The van der Waals surface area contributed by atoms with E-state index in [2.05, 4.69) is 31.2 Å². The molecule has 0 aliphatic heterocycles. The standard InChI is InChI=1S/C21H25NO3/c1-2-3-12-22(13-14-23)21(24)25-15-20-18-10-6-4-8-16(18)17-9-5-7-11-19(17)20/h4-11,20,23H,2-3,12-15H2,1H3.